The van der Waals surface area contributed by atoms with Crippen molar-refractivity contribution >= 4 is 52.8 Å². The van der Waals surface area contributed by atoms with Crippen LogP contribution in [0, 0.1) is 0 Å². The first-order chi connectivity index (χ1) is 12.9. The molecule has 0 unspecified atom stereocenters. The maximum atomic E-state index is 11.9. The second-order valence-electron chi connectivity index (χ2n) is 5.23. The van der Waals surface area contributed by atoms with Crippen molar-refractivity contribution in [3.8, 4) is 5.75 Å². The summed E-state index contributed by atoms with van der Waals surface area (Å²) in [6.07, 6.45) is 1.25. The van der Waals surface area contributed by atoms with E-state index < -0.39 is 11.9 Å². The van der Waals surface area contributed by atoms with Gasteiger partial charge in [0.2, 0.25) is 0 Å². The zero-order valence-corrected chi connectivity index (χ0v) is 16.7. The SMILES string of the molecule is COC(=O)C(=Cc1cc(Cl)cc(Cl)c1OCc1ccccc1Cl)C(=O)OC. The molecule has 27 heavy (non-hydrogen) atoms. The molecular formula is C19H15Cl3O5. The Bertz CT molecular complexity index is 875. The molecule has 0 aromatic heterocycles. The minimum Gasteiger partial charge on any atom is -0.487 e. The van der Waals surface area contributed by atoms with Crippen LogP contribution in [0.5, 0.6) is 5.75 Å². The molecule has 5 nitrogen and oxygen atoms in total. The van der Waals surface area contributed by atoms with Gasteiger partial charge in [-0.05, 0) is 24.3 Å². The molecule has 2 aromatic rings. The highest BCUT2D eigenvalue weighted by molar-refractivity contribution is 6.36. The van der Waals surface area contributed by atoms with Gasteiger partial charge < -0.3 is 14.2 Å². The van der Waals surface area contributed by atoms with Crippen LogP contribution in [0.4, 0.5) is 0 Å². The van der Waals surface area contributed by atoms with Gasteiger partial charge in [0.25, 0.3) is 0 Å². The Kier molecular flexibility index (Phi) is 7.54. The summed E-state index contributed by atoms with van der Waals surface area (Å²) >= 11 is 18.4. The molecule has 0 N–H and O–H groups in total. The lowest BCUT2D eigenvalue weighted by Gasteiger charge is -2.13. The fourth-order valence-corrected chi connectivity index (χ4v) is 2.94. The van der Waals surface area contributed by atoms with E-state index >= 15 is 0 Å². The molecule has 0 saturated heterocycles. The maximum absolute atomic E-state index is 11.9. The fraction of sp³-hybridized carbons (Fsp3) is 0.158. The van der Waals surface area contributed by atoms with Crippen molar-refractivity contribution in [1.29, 1.82) is 0 Å². The van der Waals surface area contributed by atoms with Crippen molar-refractivity contribution < 1.29 is 23.8 Å². The van der Waals surface area contributed by atoms with Gasteiger partial charge in [0.1, 0.15) is 17.9 Å². The molecule has 0 aliphatic carbocycles. The second kappa shape index (κ2) is 9.65. The van der Waals surface area contributed by atoms with Gasteiger partial charge in [-0.2, -0.15) is 0 Å². The number of benzene rings is 2. The normalized spacial score (nSPS) is 10.1. The molecule has 0 bridgehead atoms. The molecule has 0 fully saturated rings. The number of esters is 2. The van der Waals surface area contributed by atoms with Gasteiger partial charge in [0, 0.05) is 21.2 Å². The van der Waals surface area contributed by atoms with Gasteiger partial charge >= 0.3 is 11.9 Å². The first-order valence-electron chi connectivity index (χ1n) is 7.61. The van der Waals surface area contributed by atoms with Crippen LogP contribution in [0.1, 0.15) is 11.1 Å². The highest BCUT2D eigenvalue weighted by Gasteiger charge is 2.21. The summed E-state index contributed by atoms with van der Waals surface area (Å²) in [4.78, 5) is 23.8. The predicted molar refractivity (Wildman–Crippen MR) is 104 cm³/mol. The van der Waals surface area contributed by atoms with Crippen LogP contribution >= 0.6 is 34.8 Å². The molecular weight excluding hydrogens is 415 g/mol. The van der Waals surface area contributed by atoms with Gasteiger partial charge in [0.15, 0.2) is 0 Å². The largest absolute Gasteiger partial charge is 0.487 e. The van der Waals surface area contributed by atoms with Crippen LogP contribution in [0.15, 0.2) is 42.0 Å². The first-order valence-corrected chi connectivity index (χ1v) is 8.74. The Morgan fingerprint density at radius 1 is 0.963 bits per heavy atom. The lowest BCUT2D eigenvalue weighted by Crippen LogP contribution is -2.15. The third-order valence-corrected chi connectivity index (χ3v) is 4.35. The number of methoxy groups -OCH3 is 2. The van der Waals surface area contributed by atoms with E-state index in [9.17, 15) is 9.59 Å². The van der Waals surface area contributed by atoms with Gasteiger partial charge in [-0.15, -0.1) is 0 Å². The maximum Gasteiger partial charge on any atom is 0.345 e. The Morgan fingerprint density at radius 3 is 2.19 bits per heavy atom. The molecule has 0 amide bonds. The number of halogens is 3. The quantitative estimate of drug-likeness (QED) is 0.281. The standard InChI is InChI=1S/C19H15Cl3O5/c1-25-18(23)14(19(24)26-2)8-12-7-13(20)9-16(22)17(12)27-10-11-5-3-4-6-15(11)21/h3-9H,10H2,1-2H3. The summed E-state index contributed by atoms with van der Waals surface area (Å²) in [5.41, 5.74) is 0.715. The fourth-order valence-electron chi connectivity index (χ4n) is 2.18. The molecule has 0 aliphatic rings. The minimum absolute atomic E-state index is 0.119. The zero-order valence-electron chi connectivity index (χ0n) is 14.4. The average Bonchev–Trinajstić information content (AvgIpc) is 2.65. The van der Waals surface area contributed by atoms with Gasteiger partial charge in [-0.25, -0.2) is 9.59 Å². The summed E-state index contributed by atoms with van der Waals surface area (Å²) in [5.74, 6) is -1.50. The third-order valence-electron chi connectivity index (χ3n) is 3.48. The molecule has 0 saturated carbocycles. The van der Waals surface area contributed by atoms with Gasteiger partial charge in [-0.3, -0.25) is 0 Å². The Balaban J connectivity index is 2.46. The first kappa shape index (κ1) is 21.1. The van der Waals surface area contributed by atoms with E-state index in [4.69, 9.17) is 39.5 Å². The predicted octanol–water partition coefficient (Wildman–Crippen LogP) is 4.96. The van der Waals surface area contributed by atoms with Crippen molar-refractivity contribution in [2.45, 2.75) is 6.61 Å². The van der Waals surface area contributed by atoms with Crippen molar-refractivity contribution in [2.75, 3.05) is 14.2 Å². The summed E-state index contributed by atoms with van der Waals surface area (Å²) in [7, 11) is 2.30. The van der Waals surface area contributed by atoms with E-state index in [1.54, 1.807) is 18.2 Å². The molecule has 142 valence electrons. The minimum atomic E-state index is -0.866. The van der Waals surface area contributed by atoms with E-state index in [0.29, 0.717) is 15.6 Å². The summed E-state index contributed by atoms with van der Waals surface area (Å²) < 4.78 is 15.0. The van der Waals surface area contributed by atoms with Crippen molar-refractivity contribution in [2.24, 2.45) is 0 Å². The van der Waals surface area contributed by atoms with E-state index in [-0.39, 0.29) is 23.0 Å². The number of rotatable bonds is 6. The Labute approximate surface area is 171 Å². The Hall–Kier alpha value is -2.21. The molecule has 2 rings (SSSR count). The smallest absolute Gasteiger partial charge is 0.345 e. The van der Waals surface area contributed by atoms with Crippen molar-refractivity contribution in [1.82, 2.24) is 0 Å². The molecule has 0 aliphatic heterocycles. The van der Waals surface area contributed by atoms with Gasteiger partial charge in [0.05, 0.1) is 19.2 Å². The van der Waals surface area contributed by atoms with Crippen LogP contribution in [-0.4, -0.2) is 26.2 Å². The van der Waals surface area contributed by atoms with Crippen LogP contribution in [-0.2, 0) is 25.7 Å². The van der Waals surface area contributed by atoms with Crippen molar-refractivity contribution in [3.63, 3.8) is 0 Å². The highest BCUT2D eigenvalue weighted by atomic mass is 35.5. The van der Waals surface area contributed by atoms with Crippen LogP contribution in [0.25, 0.3) is 6.08 Å². The lowest BCUT2D eigenvalue weighted by atomic mass is 10.1. The number of ether oxygens (including phenoxy) is 3. The third kappa shape index (κ3) is 5.39. The van der Waals surface area contributed by atoms with Crippen LogP contribution < -0.4 is 4.74 Å². The van der Waals surface area contributed by atoms with Crippen LogP contribution in [0.2, 0.25) is 15.1 Å². The molecule has 0 heterocycles. The summed E-state index contributed by atoms with van der Waals surface area (Å²) in [6, 6.07) is 10.1. The van der Waals surface area contributed by atoms with Crippen molar-refractivity contribution in [3.05, 3.63) is 68.2 Å². The number of hydrogen-bond donors (Lipinski definition) is 0. The lowest BCUT2D eigenvalue weighted by molar-refractivity contribution is -0.143. The molecule has 8 heteroatoms. The topological polar surface area (TPSA) is 61.8 Å². The van der Waals surface area contributed by atoms with E-state index in [1.807, 2.05) is 6.07 Å². The molecule has 0 atom stereocenters. The molecule has 2 aromatic carbocycles. The second-order valence-corrected chi connectivity index (χ2v) is 6.48. The summed E-state index contributed by atoms with van der Waals surface area (Å²) in [5, 5.41) is 1.03. The average molecular weight is 430 g/mol. The number of carbonyl (C=O) groups is 2. The molecule has 0 radical (unpaired) electrons. The zero-order chi connectivity index (χ0) is 20.0. The Morgan fingerprint density at radius 2 is 1.59 bits per heavy atom. The highest BCUT2D eigenvalue weighted by Crippen LogP contribution is 2.35. The number of hydrogen-bond acceptors (Lipinski definition) is 5. The monoisotopic (exact) mass is 428 g/mol. The van der Waals surface area contributed by atoms with E-state index in [1.165, 1.54) is 18.2 Å². The number of carbonyl (C=O) groups excluding carboxylic acids is 2. The van der Waals surface area contributed by atoms with Crippen LogP contribution in [0.3, 0.4) is 0 Å². The summed E-state index contributed by atoms with van der Waals surface area (Å²) in [6.45, 7) is 0.119. The molecule has 0 spiro atoms. The van der Waals surface area contributed by atoms with E-state index in [2.05, 4.69) is 9.47 Å². The van der Waals surface area contributed by atoms with Gasteiger partial charge in [-0.1, -0.05) is 53.0 Å². The van der Waals surface area contributed by atoms with E-state index in [0.717, 1.165) is 19.8 Å².